The van der Waals surface area contributed by atoms with E-state index in [-0.39, 0.29) is 0 Å². The number of hydrogen-bond donors (Lipinski definition) is 1. The van der Waals surface area contributed by atoms with Crippen molar-refractivity contribution in [1.82, 2.24) is 9.97 Å². The Kier molecular flexibility index (Phi) is 2.69. The lowest BCUT2D eigenvalue weighted by Gasteiger charge is -1.98. The summed E-state index contributed by atoms with van der Waals surface area (Å²) >= 11 is 0. The van der Waals surface area contributed by atoms with Gasteiger partial charge < -0.3 is 5.73 Å². The minimum atomic E-state index is 0.374. The molecule has 0 saturated heterocycles. The van der Waals surface area contributed by atoms with Crippen molar-refractivity contribution in [1.29, 1.82) is 0 Å². The summed E-state index contributed by atoms with van der Waals surface area (Å²) in [6, 6.07) is 11.3. The molecule has 15 heavy (non-hydrogen) atoms. The van der Waals surface area contributed by atoms with Gasteiger partial charge in [-0.25, -0.2) is 9.97 Å². The molecule has 0 spiro atoms. The fraction of sp³-hybridized carbons (Fsp3) is 0. The van der Waals surface area contributed by atoms with E-state index >= 15 is 0 Å². The number of aromatic nitrogens is 2. The zero-order valence-electron chi connectivity index (χ0n) is 8.04. The summed E-state index contributed by atoms with van der Waals surface area (Å²) in [6.07, 6.45) is 3.26. The number of benzene rings is 1. The first kappa shape index (κ1) is 9.33. The molecule has 1 aromatic carbocycles. The van der Waals surface area contributed by atoms with Gasteiger partial charge in [0.1, 0.15) is 5.84 Å². The lowest BCUT2D eigenvalue weighted by molar-refractivity contribution is 1.13. The van der Waals surface area contributed by atoms with Crippen LogP contribution >= 0.6 is 0 Å². The van der Waals surface area contributed by atoms with Gasteiger partial charge in [0, 0.05) is 18.0 Å². The third kappa shape index (κ3) is 2.37. The van der Waals surface area contributed by atoms with Crippen LogP contribution in [0.5, 0.6) is 0 Å². The molecule has 0 bridgehead atoms. The van der Waals surface area contributed by atoms with Crippen molar-refractivity contribution in [3.63, 3.8) is 0 Å². The Morgan fingerprint density at radius 3 is 2.33 bits per heavy atom. The van der Waals surface area contributed by atoms with Crippen molar-refractivity contribution < 1.29 is 0 Å². The second-order valence-electron chi connectivity index (χ2n) is 2.91. The van der Waals surface area contributed by atoms with Crippen LogP contribution in [-0.2, 0) is 0 Å². The molecule has 4 heteroatoms. The van der Waals surface area contributed by atoms with Crippen molar-refractivity contribution in [3.05, 3.63) is 54.4 Å². The fourth-order valence-corrected chi connectivity index (χ4v) is 1.13. The van der Waals surface area contributed by atoms with Crippen molar-refractivity contribution in [2.45, 2.75) is 0 Å². The van der Waals surface area contributed by atoms with Crippen molar-refractivity contribution in [2.75, 3.05) is 0 Å². The maximum atomic E-state index is 5.80. The van der Waals surface area contributed by atoms with Gasteiger partial charge in [-0.05, 0) is 6.07 Å². The van der Waals surface area contributed by atoms with Crippen molar-refractivity contribution in [3.8, 4) is 0 Å². The number of rotatable bonds is 2. The largest absolute Gasteiger partial charge is 0.383 e. The molecule has 1 heterocycles. The third-order valence-electron chi connectivity index (χ3n) is 1.84. The first-order chi connectivity index (χ1) is 7.36. The molecule has 0 amide bonds. The molecule has 1 aromatic heterocycles. The Labute approximate surface area is 87.5 Å². The third-order valence-corrected chi connectivity index (χ3v) is 1.84. The predicted molar refractivity (Wildman–Crippen MR) is 58.9 cm³/mol. The molecular weight excluding hydrogens is 188 g/mol. The van der Waals surface area contributed by atoms with Crippen LogP contribution in [0.3, 0.4) is 0 Å². The summed E-state index contributed by atoms with van der Waals surface area (Å²) < 4.78 is 0. The van der Waals surface area contributed by atoms with Gasteiger partial charge in [-0.1, -0.05) is 30.3 Å². The van der Waals surface area contributed by atoms with E-state index in [0.717, 1.165) is 5.56 Å². The zero-order chi connectivity index (χ0) is 10.5. The number of aliphatic imine (C=N–C) groups is 1. The first-order valence-electron chi connectivity index (χ1n) is 4.53. The van der Waals surface area contributed by atoms with E-state index in [2.05, 4.69) is 15.0 Å². The second-order valence-corrected chi connectivity index (χ2v) is 2.91. The minimum Gasteiger partial charge on any atom is -0.383 e. The van der Waals surface area contributed by atoms with E-state index in [0.29, 0.717) is 11.8 Å². The quantitative estimate of drug-likeness (QED) is 0.587. The first-order valence-corrected chi connectivity index (χ1v) is 4.53. The molecule has 0 aliphatic rings. The maximum absolute atomic E-state index is 5.80. The van der Waals surface area contributed by atoms with Crippen LogP contribution in [0.2, 0.25) is 0 Å². The molecule has 2 aromatic rings. The molecule has 0 aliphatic heterocycles. The highest BCUT2D eigenvalue weighted by Gasteiger charge is 1.97. The highest BCUT2D eigenvalue weighted by Crippen LogP contribution is 2.04. The normalized spacial score (nSPS) is 11.3. The minimum absolute atomic E-state index is 0.374. The van der Waals surface area contributed by atoms with E-state index in [9.17, 15) is 0 Å². The molecule has 2 rings (SSSR count). The number of amidine groups is 1. The SMILES string of the molecule is N/C(=N\c1ncccn1)c1ccccc1. The van der Waals surface area contributed by atoms with Crippen LogP contribution in [0.4, 0.5) is 5.95 Å². The molecule has 2 N–H and O–H groups in total. The van der Waals surface area contributed by atoms with Crippen LogP contribution in [0, 0.1) is 0 Å². The Morgan fingerprint density at radius 2 is 1.67 bits per heavy atom. The lowest BCUT2D eigenvalue weighted by Crippen LogP contribution is -2.12. The molecule has 0 radical (unpaired) electrons. The van der Waals surface area contributed by atoms with E-state index in [1.165, 1.54) is 0 Å². The molecule has 0 fully saturated rings. The summed E-state index contributed by atoms with van der Waals surface area (Å²) in [5.41, 5.74) is 6.66. The van der Waals surface area contributed by atoms with E-state index in [1.54, 1.807) is 18.5 Å². The van der Waals surface area contributed by atoms with Gasteiger partial charge in [-0.15, -0.1) is 0 Å². The second kappa shape index (κ2) is 4.32. The molecule has 74 valence electrons. The highest BCUT2D eigenvalue weighted by atomic mass is 15.1. The summed E-state index contributed by atoms with van der Waals surface area (Å²) in [7, 11) is 0. The molecule has 0 aliphatic carbocycles. The van der Waals surface area contributed by atoms with Gasteiger partial charge in [0.05, 0.1) is 0 Å². The molecule has 0 atom stereocenters. The van der Waals surface area contributed by atoms with E-state index < -0.39 is 0 Å². The molecule has 0 saturated carbocycles. The number of nitrogens with zero attached hydrogens (tertiary/aromatic N) is 3. The molecule has 0 unspecified atom stereocenters. The Bertz CT molecular complexity index is 451. The van der Waals surface area contributed by atoms with Crippen LogP contribution in [0.1, 0.15) is 5.56 Å². The Balaban J connectivity index is 2.29. The van der Waals surface area contributed by atoms with Gasteiger partial charge >= 0.3 is 0 Å². The van der Waals surface area contributed by atoms with Crippen LogP contribution in [0.25, 0.3) is 0 Å². The van der Waals surface area contributed by atoms with Gasteiger partial charge in [-0.3, -0.25) is 0 Å². The van der Waals surface area contributed by atoms with Gasteiger partial charge in [0.15, 0.2) is 0 Å². The summed E-state index contributed by atoms with van der Waals surface area (Å²) in [5, 5.41) is 0. The van der Waals surface area contributed by atoms with Crippen LogP contribution in [-0.4, -0.2) is 15.8 Å². The van der Waals surface area contributed by atoms with Gasteiger partial charge in [0.2, 0.25) is 0 Å². The summed E-state index contributed by atoms with van der Waals surface area (Å²) in [6.45, 7) is 0. The smallest absolute Gasteiger partial charge is 0.251 e. The average Bonchev–Trinajstić information content (AvgIpc) is 2.31. The lowest BCUT2D eigenvalue weighted by atomic mass is 10.2. The highest BCUT2D eigenvalue weighted by molar-refractivity contribution is 5.98. The summed E-state index contributed by atoms with van der Waals surface area (Å²) in [4.78, 5) is 12.0. The van der Waals surface area contributed by atoms with Crippen molar-refractivity contribution >= 4 is 11.8 Å². The van der Waals surface area contributed by atoms with Gasteiger partial charge in [-0.2, -0.15) is 4.99 Å². The Morgan fingerprint density at radius 1 is 1.00 bits per heavy atom. The molecule has 4 nitrogen and oxygen atoms in total. The van der Waals surface area contributed by atoms with E-state index in [1.807, 2.05) is 30.3 Å². The molecular formula is C11H10N4. The number of nitrogens with two attached hydrogens (primary N) is 1. The standard InChI is InChI=1S/C11H10N4/c12-10(9-5-2-1-3-6-9)15-11-13-7-4-8-14-11/h1-8H,(H2,12,13,14,15). The van der Waals surface area contributed by atoms with Gasteiger partial charge in [0.25, 0.3) is 5.95 Å². The number of hydrogen-bond acceptors (Lipinski definition) is 3. The van der Waals surface area contributed by atoms with Crippen molar-refractivity contribution in [2.24, 2.45) is 10.7 Å². The monoisotopic (exact) mass is 198 g/mol. The van der Waals surface area contributed by atoms with Crippen LogP contribution in [0.15, 0.2) is 53.8 Å². The average molecular weight is 198 g/mol. The topological polar surface area (TPSA) is 64.2 Å². The maximum Gasteiger partial charge on any atom is 0.251 e. The Hall–Kier alpha value is -2.23. The predicted octanol–water partition coefficient (Wildman–Crippen LogP) is 1.51. The van der Waals surface area contributed by atoms with Crippen LogP contribution < -0.4 is 5.73 Å². The summed E-state index contributed by atoms with van der Waals surface area (Å²) in [5.74, 6) is 0.792. The fourth-order valence-electron chi connectivity index (χ4n) is 1.13. The van der Waals surface area contributed by atoms with E-state index in [4.69, 9.17) is 5.73 Å². The zero-order valence-corrected chi connectivity index (χ0v) is 8.04.